The molecular formula is C19H21N3O4S. The number of aryl methyl sites for hydroxylation is 1. The number of nitrogens with one attached hydrogen (secondary N) is 1. The van der Waals surface area contributed by atoms with E-state index in [9.17, 15) is 18.0 Å². The molecule has 27 heavy (non-hydrogen) atoms. The number of nitrogens with zero attached hydrogens (tertiary/aromatic N) is 2. The molecule has 1 aromatic heterocycles. The highest BCUT2D eigenvalue weighted by Gasteiger charge is 2.19. The van der Waals surface area contributed by atoms with Gasteiger partial charge in [-0.15, -0.1) is 0 Å². The quantitative estimate of drug-likeness (QED) is 0.711. The minimum Gasteiger partial charge on any atom is -0.296 e. The van der Waals surface area contributed by atoms with Crippen molar-refractivity contribution in [1.29, 1.82) is 0 Å². The zero-order chi connectivity index (χ0) is 19.8. The van der Waals surface area contributed by atoms with Crippen LogP contribution in [0.4, 0.5) is 0 Å². The fourth-order valence-corrected chi connectivity index (χ4v) is 4.35. The first-order chi connectivity index (χ1) is 12.7. The second kappa shape index (κ2) is 7.13. The molecule has 8 heteroatoms. The lowest BCUT2D eigenvalue weighted by Gasteiger charge is -2.15. The maximum absolute atomic E-state index is 12.7. The van der Waals surface area contributed by atoms with Crippen LogP contribution in [0, 0.1) is 0 Å². The molecule has 0 bridgehead atoms. The molecule has 0 aliphatic carbocycles. The SMILES string of the molecule is C[C@@H](Cc1ccccc1)NS(=O)(=O)c1ccc2c(c1)c(=O)n(C)c(=O)n2C. The van der Waals surface area contributed by atoms with E-state index in [1.54, 1.807) is 14.0 Å². The van der Waals surface area contributed by atoms with Crippen molar-refractivity contribution in [1.82, 2.24) is 13.9 Å². The Balaban J connectivity index is 1.96. The molecule has 0 saturated carbocycles. The zero-order valence-corrected chi connectivity index (χ0v) is 16.2. The second-order valence-corrected chi connectivity index (χ2v) is 8.31. The summed E-state index contributed by atoms with van der Waals surface area (Å²) in [6, 6.07) is 13.5. The summed E-state index contributed by atoms with van der Waals surface area (Å²) in [5.74, 6) is 0. The summed E-state index contributed by atoms with van der Waals surface area (Å²) in [7, 11) is -0.903. The molecule has 0 aliphatic rings. The lowest BCUT2D eigenvalue weighted by molar-refractivity contribution is 0.560. The number of fused-ring (bicyclic) bond motifs is 1. The van der Waals surface area contributed by atoms with Crippen molar-refractivity contribution in [2.24, 2.45) is 14.1 Å². The van der Waals surface area contributed by atoms with Gasteiger partial charge in [-0.2, -0.15) is 0 Å². The molecule has 1 N–H and O–H groups in total. The summed E-state index contributed by atoms with van der Waals surface area (Å²) >= 11 is 0. The summed E-state index contributed by atoms with van der Waals surface area (Å²) in [5, 5.41) is 0.179. The maximum atomic E-state index is 12.7. The Morgan fingerprint density at radius 3 is 2.33 bits per heavy atom. The van der Waals surface area contributed by atoms with E-state index in [4.69, 9.17) is 0 Å². The van der Waals surface area contributed by atoms with E-state index in [0.29, 0.717) is 11.9 Å². The molecule has 0 spiro atoms. The predicted octanol–water partition coefficient (Wildman–Crippen LogP) is 1.15. The van der Waals surface area contributed by atoms with Crippen LogP contribution in [0.3, 0.4) is 0 Å². The predicted molar refractivity (Wildman–Crippen MR) is 104 cm³/mol. The van der Waals surface area contributed by atoms with Crippen LogP contribution in [-0.2, 0) is 30.5 Å². The van der Waals surface area contributed by atoms with Gasteiger partial charge in [0, 0.05) is 20.1 Å². The zero-order valence-electron chi connectivity index (χ0n) is 15.3. The van der Waals surface area contributed by atoms with Gasteiger partial charge < -0.3 is 0 Å². The number of aromatic nitrogens is 2. The van der Waals surface area contributed by atoms with Gasteiger partial charge in [-0.05, 0) is 37.1 Å². The highest BCUT2D eigenvalue weighted by molar-refractivity contribution is 7.89. The minimum absolute atomic E-state index is 0.00865. The summed E-state index contributed by atoms with van der Waals surface area (Å²) in [6.07, 6.45) is 0.546. The molecular weight excluding hydrogens is 366 g/mol. The highest BCUT2D eigenvalue weighted by Crippen LogP contribution is 2.16. The molecule has 0 saturated heterocycles. The number of benzene rings is 2. The van der Waals surface area contributed by atoms with E-state index < -0.39 is 21.3 Å². The van der Waals surface area contributed by atoms with Gasteiger partial charge in [0.05, 0.1) is 15.8 Å². The van der Waals surface area contributed by atoms with E-state index in [1.165, 1.54) is 29.8 Å². The van der Waals surface area contributed by atoms with Crippen molar-refractivity contribution in [3.63, 3.8) is 0 Å². The fraction of sp³-hybridized carbons (Fsp3) is 0.263. The molecule has 1 heterocycles. The van der Waals surface area contributed by atoms with Gasteiger partial charge in [-0.3, -0.25) is 13.9 Å². The van der Waals surface area contributed by atoms with Gasteiger partial charge in [0.1, 0.15) is 0 Å². The van der Waals surface area contributed by atoms with Crippen molar-refractivity contribution >= 4 is 20.9 Å². The van der Waals surface area contributed by atoms with E-state index in [2.05, 4.69) is 4.72 Å². The lowest BCUT2D eigenvalue weighted by Crippen LogP contribution is -2.37. The third-order valence-electron chi connectivity index (χ3n) is 4.49. The van der Waals surface area contributed by atoms with Crippen LogP contribution < -0.4 is 16.0 Å². The van der Waals surface area contributed by atoms with Crippen LogP contribution in [-0.4, -0.2) is 23.6 Å². The minimum atomic E-state index is -3.81. The Labute approximate surface area is 156 Å². The third-order valence-corrected chi connectivity index (χ3v) is 6.08. The molecule has 0 radical (unpaired) electrons. The summed E-state index contributed by atoms with van der Waals surface area (Å²) in [6.45, 7) is 1.79. The first-order valence-corrected chi connectivity index (χ1v) is 9.95. The van der Waals surface area contributed by atoms with Gasteiger partial charge in [0.25, 0.3) is 5.56 Å². The van der Waals surface area contributed by atoms with E-state index in [-0.39, 0.29) is 16.3 Å². The van der Waals surface area contributed by atoms with Crippen LogP contribution in [0.5, 0.6) is 0 Å². The van der Waals surface area contributed by atoms with Crippen LogP contribution in [0.2, 0.25) is 0 Å². The summed E-state index contributed by atoms with van der Waals surface area (Å²) < 4.78 is 30.4. The Morgan fingerprint density at radius 1 is 1.00 bits per heavy atom. The lowest BCUT2D eigenvalue weighted by atomic mass is 10.1. The molecule has 0 aliphatic heterocycles. The standard InChI is InChI=1S/C19H21N3O4S/c1-13(11-14-7-5-4-6-8-14)20-27(25,26)15-9-10-17-16(12-15)18(23)22(3)19(24)21(17)2/h4-10,12-13,20H,11H2,1-3H3/t13-/m0/s1. The van der Waals surface area contributed by atoms with E-state index in [0.717, 1.165) is 10.1 Å². The largest absolute Gasteiger partial charge is 0.330 e. The van der Waals surface area contributed by atoms with E-state index in [1.807, 2.05) is 30.3 Å². The van der Waals surface area contributed by atoms with Gasteiger partial charge in [0.2, 0.25) is 10.0 Å². The third kappa shape index (κ3) is 3.72. The molecule has 7 nitrogen and oxygen atoms in total. The van der Waals surface area contributed by atoms with Crippen LogP contribution in [0.25, 0.3) is 10.9 Å². The molecule has 2 aromatic carbocycles. The normalized spacial score (nSPS) is 13.0. The van der Waals surface area contributed by atoms with Crippen molar-refractivity contribution in [2.45, 2.75) is 24.3 Å². The maximum Gasteiger partial charge on any atom is 0.330 e. The summed E-state index contributed by atoms with van der Waals surface area (Å²) in [5.41, 5.74) is 0.426. The first kappa shape index (κ1) is 19.1. The van der Waals surface area contributed by atoms with Crippen molar-refractivity contribution in [3.8, 4) is 0 Å². The fourth-order valence-electron chi connectivity index (χ4n) is 3.08. The monoisotopic (exact) mass is 387 g/mol. The van der Waals surface area contributed by atoms with Crippen molar-refractivity contribution < 1.29 is 8.42 Å². The smallest absolute Gasteiger partial charge is 0.296 e. The van der Waals surface area contributed by atoms with E-state index >= 15 is 0 Å². The van der Waals surface area contributed by atoms with Gasteiger partial charge in [-0.25, -0.2) is 17.9 Å². The van der Waals surface area contributed by atoms with Crippen LogP contribution in [0.1, 0.15) is 12.5 Å². The molecule has 142 valence electrons. The van der Waals surface area contributed by atoms with Gasteiger partial charge in [-0.1, -0.05) is 30.3 Å². The molecule has 0 fully saturated rings. The Bertz CT molecular complexity index is 1210. The Hall–Kier alpha value is -2.71. The van der Waals surface area contributed by atoms with Crippen LogP contribution >= 0.6 is 0 Å². The average Bonchev–Trinajstić information content (AvgIpc) is 2.64. The molecule has 3 aromatic rings. The van der Waals surface area contributed by atoms with Gasteiger partial charge >= 0.3 is 5.69 Å². The van der Waals surface area contributed by atoms with Gasteiger partial charge in [0.15, 0.2) is 0 Å². The number of hydrogen-bond acceptors (Lipinski definition) is 4. The Kier molecular flexibility index (Phi) is 5.03. The van der Waals surface area contributed by atoms with Crippen LogP contribution in [0.15, 0.2) is 63.0 Å². The van der Waals surface area contributed by atoms with Crippen molar-refractivity contribution in [2.75, 3.05) is 0 Å². The molecule has 0 amide bonds. The topological polar surface area (TPSA) is 90.2 Å². The number of hydrogen-bond donors (Lipinski definition) is 1. The first-order valence-electron chi connectivity index (χ1n) is 8.47. The average molecular weight is 387 g/mol. The molecule has 0 unspecified atom stereocenters. The summed E-state index contributed by atoms with van der Waals surface area (Å²) in [4.78, 5) is 24.4. The highest BCUT2D eigenvalue weighted by atomic mass is 32.2. The van der Waals surface area contributed by atoms with Crippen molar-refractivity contribution in [3.05, 3.63) is 74.9 Å². The number of rotatable bonds is 5. The molecule has 3 rings (SSSR count). The second-order valence-electron chi connectivity index (χ2n) is 6.60. The Morgan fingerprint density at radius 2 is 1.67 bits per heavy atom. The molecule has 1 atom stereocenters. The number of sulfonamides is 1.